The van der Waals surface area contributed by atoms with E-state index in [-0.39, 0.29) is 18.6 Å². The normalized spacial score (nSPS) is 23.1. The quantitative estimate of drug-likeness (QED) is 0.795. The molecule has 0 heterocycles. The van der Waals surface area contributed by atoms with E-state index >= 15 is 0 Å². The maximum atomic E-state index is 13.1. The molecule has 0 aromatic heterocycles. The predicted octanol–water partition coefficient (Wildman–Crippen LogP) is 2.76. The van der Waals surface area contributed by atoms with Gasteiger partial charge in [0.2, 0.25) is 0 Å². The summed E-state index contributed by atoms with van der Waals surface area (Å²) in [5.41, 5.74) is 0.510. The number of hydrogen-bond acceptors (Lipinski definition) is 2. The topological polar surface area (TPSA) is 61.4 Å². The molecule has 128 valence electrons. The van der Waals surface area contributed by atoms with Gasteiger partial charge in [0.05, 0.1) is 6.10 Å². The Kier molecular flexibility index (Phi) is 5.87. The highest BCUT2D eigenvalue weighted by Gasteiger charge is 2.40. The first-order chi connectivity index (χ1) is 10.8. The summed E-state index contributed by atoms with van der Waals surface area (Å²) in [5.74, 6) is 0. The van der Waals surface area contributed by atoms with Crippen LogP contribution < -0.4 is 10.6 Å². The molecule has 7 heteroatoms. The van der Waals surface area contributed by atoms with E-state index in [9.17, 15) is 23.1 Å². The molecular weight excluding hydrogens is 309 g/mol. The summed E-state index contributed by atoms with van der Waals surface area (Å²) in [4.78, 5) is 11.9. The standard InChI is InChI=1S/C16H21F3N2O2/c17-16(18,19)14(10-11-4-2-1-3-5-11)21-15(23)20-12-6-8-13(22)9-7-12/h1-5,12-14,22H,6-10H2,(H2,20,21,23)/t12?,13?,14-/m0/s1. The van der Waals surface area contributed by atoms with Gasteiger partial charge in [-0.15, -0.1) is 0 Å². The number of alkyl halides is 3. The van der Waals surface area contributed by atoms with E-state index in [4.69, 9.17) is 0 Å². The maximum Gasteiger partial charge on any atom is 0.408 e. The van der Waals surface area contributed by atoms with E-state index in [0.29, 0.717) is 31.2 Å². The van der Waals surface area contributed by atoms with Crippen LogP contribution in [0.1, 0.15) is 31.2 Å². The lowest BCUT2D eigenvalue weighted by atomic mass is 9.93. The van der Waals surface area contributed by atoms with Crippen LogP contribution in [0.25, 0.3) is 0 Å². The van der Waals surface area contributed by atoms with Gasteiger partial charge in [0, 0.05) is 12.5 Å². The molecule has 0 saturated heterocycles. The summed E-state index contributed by atoms with van der Waals surface area (Å²) < 4.78 is 39.4. The van der Waals surface area contributed by atoms with Crippen molar-refractivity contribution in [1.29, 1.82) is 0 Å². The Morgan fingerprint density at radius 2 is 1.78 bits per heavy atom. The van der Waals surface area contributed by atoms with Crippen LogP contribution in [0.2, 0.25) is 0 Å². The van der Waals surface area contributed by atoms with E-state index in [1.54, 1.807) is 30.3 Å². The minimum Gasteiger partial charge on any atom is -0.393 e. The van der Waals surface area contributed by atoms with Crippen molar-refractivity contribution in [2.45, 2.75) is 56.5 Å². The molecule has 1 aromatic carbocycles. The van der Waals surface area contributed by atoms with E-state index in [1.165, 1.54) is 0 Å². The number of hydrogen-bond donors (Lipinski definition) is 3. The fraction of sp³-hybridized carbons (Fsp3) is 0.562. The lowest BCUT2D eigenvalue weighted by Crippen LogP contribution is -2.53. The first-order valence-electron chi connectivity index (χ1n) is 7.70. The van der Waals surface area contributed by atoms with Crippen molar-refractivity contribution in [3.63, 3.8) is 0 Å². The highest BCUT2D eigenvalue weighted by atomic mass is 19.4. The highest BCUT2D eigenvalue weighted by Crippen LogP contribution is 2.23. The van der Waals surface area contributed by atoms with Gasteiger partial charge in [0.25, 0.3) is 0 Å². The molecule has 1 saturated carbocycles. The molecule has 1 aromatic rings. The molecule has 2 rings (SSSR count). The monoisotopic (exact) mass is 330 g/mol. The third-order valence-corrected chi connectivity index (χ3v) is 4.02. The van der Waals surface area contributed by atoms with Gasteiger partial charge < -0.3 is 15.7 Å². The summed E-state index contributed by atoms with van der Waals surface area (Å²) in [6.07, 6.45) is -2.95. The van der Waals surface area contributed by atoms with Crippen LogP contribution in [-0.2, 0) is 6.42 Å². The number of nitrogens with one attached hydrogen (secondary N) is 2. The number of benzene rings is 1. The van der Waals surface area contributed by atoms with Crippen LogP contribution in [0.3, 0.4) is 0 Å². The average Bonchev–Trinajstić information content (AvgIpc) is 2.49. The zero-order chi connectivity index (χ0) is 16.9. The second kappa shape index (κ2) is 7.68. The zero-order valence-corrected chi connectivity index (χ0v) is 12.6. The Labute approximate surface area is 133 Å². The fourth-order valence-electron chi connectivity index (χ4n) is 2.70. The lowest BCUT2D eigenvalue weighted by Gasteiger charge is -2.28. The average molecular weight is 330 g/mol. The molecular formula is C16H21F3N2O2. The molecule has 1 atom stereocenters. The van der Waals surface area contributed by atoms with E-state index in [0.717, 1.165) is 0 Å². The number of carbonyl (C=O) groups excluding carboxylic acids is 1. The third-order valence-electron chi connectivity index (χ3n) is 4.02. The molecule has 0 spiro atoms. The third kappa shape index (κ3) is 5.74. The molecule has 1 aliphatic rings. The lowest BCUT2D eigenvalue weighted by molar-refractivity contribution is -0.152. The number of amides is 2. The number of rotatable bonds is 4. The number of aliphatic hydroxyl groups is 1. The number of aliphatic hydroxyl groups excluding tert-OH is 1. The number of urea groups is 1. The molecule has 1 fully saturated rings. The van der Waals surface area contributed by atoms with Gasteiger partial charge in [0.1, 0.15) is 6.04 Å². The minimum absolute atomic E-state index is 0.191. The molecule has 0 radical (unpaired) electrons. The van der Waals surface area contributed by atoms with Crippen LogP contribution in [-0.4, -0.2) is 35.5 Å². The van der Waals surface area contributed by atoms with Crippen LogP contribution in [0.4, 0.5) is 18.0 Å². The van der Waals surface area contributed by atoms with Gasteiger partial charge in [-0.05, 0) is 31.2 Å². The van der Waals surface area contributed by atoms with Crippen molar-refractivity contribution >= 4 is 6.03 Å². The summed E-state index contributed by atoms with van der Waals surface area (Å²) in [5, 5.41) is 14.0. The zero-order valence-electron chi connectivity index (χ0n) is 12.6. The Morgan fingerprint density at radius 1 is 1.17 bits per heavy atom. The molecule has 4 nitrogen and oxygen atoms in total. The Balaban J connectivity index is 1.91. The van der Waals surface area contributed by atoms with Crippen LogP contribution in [0.5, 0.6) is 0 Å². The van der Waals surface area contributed by atoms with Gasteiger partial charge in [-0.1, -0.05) is 30.3 Å². The van der Waals surface area contributed by atoms with Crippen molar-refractivity contribution < 1.29 is 23.1 Å². The van der Waals surface area contributed by atoms with Crippen LogP contribution in [0, 0.1) is 0 Å². The van der Waals surface area contributed by atoms with Gasteiger partial charge in [0.15, 0.2) is 0 Å². The predicted molar refractivity (Wildman–Crippen MR) is 79.9 cm³/mol. The first kappa shape index (κ1) is 17.6. The van der Waals surface area contributed by atoms with E-state index < -0.39 is 18.2 Å². The van der Waals surface area contributed by atoms with Gasteiger partial charge >= 0.3 is 12.2 Å². The fourth-order valence-corrected chi connectivity index (χ4v) is 2.70. The van der Waals surface area contributed by atoms with E-state index in [2.05, 4.69) is 5.32 Å². The van der Waals surface area contributed by atoms with Crippen molar-refractivity contribution in [2.75, 3.05) is 0 Å². The summed E-state index contributed by atoms with van der Waals surface area (Å²) in [6.45, 7) is 0. The van der Waals surface area contributed by atoms with Gasteiger partial charge in [-0.25, -0.2) is 4.79 Å². The summed E-state index contributed by atoms with van der Waals surface area (Å²) >= 11 is 0. The smallest absolute Gasteiger partial charge is 0.393 e. The second-order valence-electron chi connectivity index (χ2n) is 5.91. The SMILES string of the molecule is O=C(NC1CCC(O)CC1)N[C@@H](Cc1ccccc1)C(F)(F)F. The maximum absolute atomic E-state index is 13.1. The molecule has 0 unspecified atom stereocenters. The van der Waals surface area contributed by atoms with Crippen molar-refractivity contribution in [1.82, 2.24) is 10.6 Å². The molecule has 3 N–H and O–H groups in total. The minimum atomic E-state index is -4.52. The largest absolute Gasteiger partial charge is 0.408 e. The summed E-state index contributed by atoms with van der Waals surface area (Å²) in [7, 11) is 0. The molecule has 1 aliphatic carbocycles. The molecule has 23 heavy (non-hydrogen) atoms. The van der Waals surface area contributed by atoms with Gasteiger partial charge in [-0.3, -0.25) is 0 Å². The van der Waals surface area contributed by atoms with Crippen molar-refractivity contribution in [2.24, 2.45) is 0 Å². The van der Waals surface area contributed by atoms with Gasteiger partial charge in [-0.2, -0.15) is 13.2 Å². The number of halogens is 3. The van der Waals surface area contributed by atoms with Crippen molar-refractivity contribution in [3.05, 3.63) is 35.9 Å². The number of carbonyl (C=O) groups is 1. The second-order valence-corrected chi connectivity index (χ2v) is 5.91. The van der Waals surface area contributed by atoms with Crippen LogP contribution in [0.15, 0.2) is 30.3 Å². The molecule has 0 aliphatic heterocycles. The Bertz CT molecular complexity index is 500. The van der Waals surface area contributed by atoms with Crippen LogP contribution >= 0.6 is 0 Å². The molecule has 0 bridgehead atoms. The highest BCUT2D eigenvalue weighted by molar-refractivity contribution is 5.74. The van der Waals surface area contributed by atoms with E-state index in [1.807, 2.05) is 5.32 Å². The van der Waals surface area contributed by atoms with Crippen molar-refractivity contribution in [3.8, 4) is 0 Å². The first-order valence-corrected chi connectivity index (χ1v) is 7.70. The molecule has 2 amide bonds. The Morgan fingerprint density at radius 3 is 2.35 bits per heavy atom. The summed E-state index contributed by atoms with van der Waals surface area (Å²) in [6, 6.07) is 5.31. The Hall–Kier alpha value is -1.76.